The lowest BCUT2D eigenvalue weighted by Crippen LogP contribution is -2.07. The normalized spacial score (nSPS) is 10.5. The van der Waals surface area contributed by atoms with Crippen LogP contribution in [0.5, 0.6) is 0 Å². The molecule has 0 N–H and O–H groups in total. The lowest BCUT2D eigenvalue weighted by Gasteiger charge is -2.06. The molecular formula is C11H16N2. The molecule has 0 fully saturated rings. The summed E-state index contributed by atoms with van der Waals surface area (Å²) in [6, 6.07) is 0. The number of rotatable bonds is 2. The molecule has 2 heteroatoms. The van der Waals surface area contributed by atoms with Crippen LogP contribution in [0, 0.1) is 32.1 Å². The van der Waals surface area contributed by atoms with Crippen molar-refractivity contribution < 1.29 is 0 Å². The molecule has 0 saturated carbocycles. The molecular weight excluding hydrogens is 160 g/mol. The molecule has 0 unspecified atom stereocenters. The van der Waals surface area contributed by atoms with Gasteiger partial charge in [0.25, 0.3) is 0 Å². The van der Waals surface area contributed by atoms with Gasteiger partial charge in [0.1, 0.15) is 0 Å². The first kappa shape index (κ1) is 9.85. The average Bonchev–Trinajstić information content (AvgIpc) is 2.26. The second kappa shape index (κ2) is 3.66. The van der Waals surface area contributed by atoms with Crippen molar-refractivity contribution in [1.82, 2.24) is 9.78 Å². The molecule has 0 aliphatic carbocycles. The van der Waals surface area contributed by atoms with Crippen LogP contribution < -0.4 is 0 Å². The summed E-state index contributed by atoms with van der Waals surface area (Å²) in [4.78, 5) is 0. The van der Waals surface area contributed by atoms with Gasteiger partial charge in [0.15, 0.2) is 0 Å². The van der Waals surface area contributed by atoms with Crippen molar-refractivity contribution >= 4 is 0 Å². The highest BCUT2D eigenvalue weighted by Crippen LogP contribution is 2.12. The summed E-state index contributed by atoms with van der Waals surface area (Å²) in [6.45, 7) is 9.27. The van der Waals surface area contributed by atoms with Crippen molar-refractivity contribution in [2.75, 3.05) is 0 Å². The van der Waals surface area contributed by atoms with Gasteiger partial charge in [-0.25, -0.2) is 0 Å². The van der Waals surface area contributed by atoms with E-state index < -0.39 is 0 Å². The number of nitrogens with zero attached hydrogens (tertiary/aromatic N) is 2. The zero-order valence-electron chi connectivity index (χ0n) is 8.76. The molecule has 1 aromatic heterocycles. The van der Waals surface area contributed by atoms with E-state index in [0.29, 0.717) is 5.92 Å². The molecule has 1 rings (SSSR count). The Morgan fingerprint density at radius 2 is 2.08 bits per heavy atom. The zero-order valence-corrected chi connectivity index (χ0v) is 8.76. The van der Waals surface area contributed by atoms with Gasteiger partial charge in [-0.1, -0.05) is 19.8 Å². The van der Waals surface area contributed by atoms with Crippen molar-refractivity contribution in [1.29, 1.82) is 0 Å². The minimum absolute atomic E-state index is 0.601. The van der Waals surface area contributed by atoms with E-state index in [-0.39, 0.29) is 0 Å². The second-order valence-electron chi connectivity index (χ2n) is 3.77. The highest BCUT2D eigenvalue weighted by atomic mass is 15.3. The molecule has 13 heavy (non-hydrogen) atoms. The summed E-state index contributed by atoms with van der Waals surface area (Å²) < 4.78 is 2.00. The molecule has 2 nitrogen and oxygen atoms in total. The van der Waals surface area contributed by atoms with Crippen LogP contribution in [-0.2, 0) is 6.54 Å². The summed E-state index contributed by atoms with van der Waals surface area (Å²) in [6.07, 6.45) is 5.39. The summed E-state index contributed by atoms with van der Waals surface area (Å²) >= 11 is 0. The van der Waals surface area contributed by atoms with Crippen LogP contribution in [0.25, 0.3) is 0 Å². The minimum Gasteiger partial charge on any atom is -0.268 e. The third kappa shape index (κ3) is 1.92. The highest BCUT2D eigenvalue weighted by Gasteiger charge is 2.09. The minimum atomic E-state index is 0.601. The molecule has 1 heterocycles. The van der Waals surface area contributed by atoms with E-state index in [1.54, 1.807) is 0 Å². The predicted octanol–water partition coefficient (Wildman–Crippen LogP) is 2.14. The Balaban J connectivity index is 3.05. The summed E-state index contributed by atoms with van der Waals surface area (Å²) in [5.74, 6) is 3.27. The van der Waals surface area contributed by atoms with Crippen LogP contribution >= 0.6 is 0 Å². The standard InChI is InChI=1S/C11H16N2/c1-6-11-9(4)12-13(10(11)5)7-8(2)3/h1,8H,7H2,2-5H3. The molecule has 0 radical (unpaired) electrons. The van der Waals surface area contributed by atoms with Crippen molar-refractivity contribution in [2.45, 2.75) is 34.2 Å². The molecule has 70 valence electrons. The van der Waals surface area contributed by atoms with E-state index >= 15 is 0 Å². The molecule has 1 aromatic rings. The molecule has 0 aliphatic heterocycles. The van der Waals surface area contributed by atoms with E-state index in [2.05, 4.69) is 24.9 Å². The zero-order chi connectivity index (χ0) is 10.0. The van der Waals surface area contributed by atoms with Gasteiger partial charge in [0.2, 0.25) is 0 Å². The lowest BCUT2D eigenvalue weighted by atomic mass is 10.2. The number of aryl methyl sites for hydroxylation is 1. The molecule has 0 amide bonds. The van der Waals surface area contributed by atoms with E-state index in [4.69, 9.17) is 6.42 Å². The van der Waals surface area contributed by atoms with Gasteiger partial charge in [0, 0.05) is 6.54 Å². The Bertz CT molecular complexity index is 340. The monoisotopic (exact) mass is 176 g/mol. The van der Waals surface area contributed by atoms with E-state index in [0.717, 1.165) is 23.5 Å². The average molecular weight is 176 g/mol. The van der Waals surface area contributed by atoms with Gasteiger partial charge in [-0.05, 0) is 19.8 Å². The number of hydrogen-bond acceptors (Lipinski definition) is 1. The van der Waals surface area contributed by atoms with Crippen LogP contribution in [0.3, 0.4) is 0 Å². The number of hydrogen-bond donors (Lipinski definition) is 0. The first-order chi connectivity index (χ1) is 6.06. The maximum atomic E-state index is 5.39. The fraction of sp³-hybridized carbons (Fsp3) is 0.545. The van der Waals surface area contributed by atoms with Crippen molar-refractivity contribution in [3.8, 4) is 12.3 Å². The number of terminal acetylenes is 1. The third-order valence-electron chi connectivity index (χ3n) is 2.06. The van der Waals surface area contributed by atoms with Gasteiger partial charge < -0.3 is 0 Å². The van der Waals surface area contributed by atoms with E-state index in [1.165, 1.54) is 0 Å². The predicted molar refractivity (Wildman–Crippen MR) is 54.5 cm³/mol. The molecule has 0 saturated heterocycles. The van der Waals surface area contributed by atoms with Gasteiger partial charge in [-0.3, -0.25) is 4.68 Å². The highest BCUT2D eigenvalue weighted by molar-refractivity contribution is 5.39. The van der Waals surface area contributed by atoms with Gasteiger partial charge >= 0.3 is 0 Å². The summed E-state index contributed by atoms with van der Waals surface area (Å²) in [7, 11) is 0. The van der Waals surface area contributed by atoms with Gasteiger partial charge in [-0.2, -0.15) is 5.10 Å². The van der Waals surface area contributed by atoms with Crippen LogP contribution in [0.1, 0.15) is 30.8 Å². The van der Waals surface area contributed by atoms with Crippen LogP contribution in [-0.4, -0.2) is 9.78 Å². The first-order valence-electron chi connectivity index (χ1n) is 4.57. The van der Waals surface area contributed by atoms with Crippen molar-refractivity contribution in [2.24, 2.45) is 5.92 Å². The largest absolute Gasteiger partial charge is 0.268 e. The van der Waals surface area contributed by atoms with Crippen molar-refractivity contribution in [3.63, 3.8) is 0 Å². The first-order valence-corrected chi connectivity index (χ1v) is 4.57. The molecule has 0 aromatic carbocycles. The van der Waals surface area contributed by atoms with Crippen LogP contribution in [0.2, 0.25) is 0 Å². The smallest absolute Gasteiger partial charge is 0.0752 e. The Morgan fingerprint density at radius 3 is 2.46 bits per heavy atom. The molecule has 0 atom stereocenters. The fourth-order valence-electron chi connectivity index (χ4n) is 1.43. The Labute approximate surface area is 80.0 Å². The second-order valence-corrected chi connectivity index (χ2v) is 3.77. The maximum absolute atomic E-state index is 5.39. The molecule has 0 bridgehead atoms. The Hall–Kier alpha value is -1.23. The van der Waals surface area contributed by atoms with E-state index in [1.807, 2.05) is 18.5 Å². The molecule has 0 spiro atoms. The third-order valence-corrected chi connectivity index (χ3v) is 2.06. The van der Waals surface area contributed by atoms with Crippen LogP contribution in [0.4, 0.5) is 0 Å². The van der Waals surface area contributed by atoms with Crippen molar-refractivity contribution in [3.05, 3.63) is 17.0 Å². The number of aromatic nitrogens is 2. The quantitative estimate of drug-likeness (QED) is 0.631. The molecule has 0 aliphatic rings. The Morgan fingerprint density at radius 1 is 1.46 bits per heavy atom. The fourth-order valence-corrected chi connectivity index (χ4v) is 1.43. The van der Waals surface area contributed by atoms with Gasteiger partial charge in [0.05, 0.1) is 17.0 Å². The van der Waals surface area contributed by atoms with Crippen LogP contribution in [0.15, 0.2) is 0 Å². The SMILES string of the molecule is C#Cc1c(C)nn(CC(C)C)c1C. The van der Waals surface area contributed by atoms with E-state index in [9.17, 15) is 0 Å². The summed E-state index contributed by atoms with van der Waals surface area (Å²) in [5.41, 5.74) is 3.01. The Kier molecular flexibility index (Phi) is 2.77. The lowest BCUT2D eigenvalue weighted by molar-refractivity contribution is 0.473. The maximum Gasteiger partial charge on any atom is 0.0752 e. The van der Waals surface area contributed by atoms with Gasteiger partial charge in [-0.15, -0.1) is 6.42 Å². The topological polar surface area (TPSA) is 17.8 Å². The summed E-state index contributed by atoms with van der Waals surface area (Å²) in [5, 5.41) is 4.40.